The highest BCUT2D eigenvalue weighted by molar-refractivity contribution is 6.30. The lowest BCUT2D eigenvalue weighted by Crippen LogP contribution is -2.26. The fourth-order valence-corrected chi connectivity index (χ4v) is 2.75. The fraction of sp³-hybridized carbons (Fsp3) is 0.190. The van der Waals surface area contributed by atoms with Crippen LogP contribution in [0.4, 0.5) is 11.5 Å². The Hall–Kier alpha value is -3.12. The number of aromatic nitrogens is 2. The number of halogens is 1. The van der Waals surface area contributed by atoms with Crippen LogP contribution in [0.25, 0.3) is 0 Å². The average molecular weight is 397 g/mol. The van der Waals surface area contributed by atoms with Gasteiger partial charge in [0, 0.05) is 17.3 Å². The second-order valence-electron chi connectivity index (χ2n) is 6.23. The summed E-state index contributed by atoms with van der Waals surface area (Å²) in [5.41, 5.74) is 3.26. The number of carbonyl (C=O) groups excluding carboxylic acids is 1. The summed E-state index contributed by atoms with van der Waals surface area (Å²) >= 11 is 6.02. The number of ether oxygens (including phenoxy) is 1. The predicted octanol–water partition coefficient (Wildman–Crippen LogP) is 4.16. The van der Waals surface area contributed by atoms with Crippen LogP contribution in [0.3, 0.4) is 0 Å². The molecule has 2 aromatic carbocycles. The first-order valence-electron chi connectivity index (χ1n) is 8.81. The van der Waals surface area contributed by atoms with Crippen LogP contribution in [0.15, 0.2) is 54.9 Å². The molecule has 0 aliphatic heterocycles. The van der Waals surface area contributed by atoms with Crippen molar-refractivity contribution in [2.45, 2.75) is 13.3 Å². The monoisotopic (exact) mass is 396 g/mol. The predicted molar refractivity (Wildman–Crippen MR) is 111 cm³/mol. The molecule has 0 atom stereocenters. The van der Waals surface area contributed by atoms with Gasteiger partial charge in [-0.1, -0.05) is 29.8 Å². The van der Waals surface area contributed by atoms with Gasteiger partial charge in [-0.05, 0) is 48.7 Å². The lowest BCUT2D eigenvalue weighted by molar-refractivity contribution is 0.0949. The number of anilines is 2. The highest BCUT2D eigenvalue weighted by atomic mass is 35.5. The van der Waals surface area contributed by atoms with E-state index in [4.69, 9.17) is 16.3 Å². The summed E-state index contributed by atoms with van der Waals surface area (Å²) in [6.45, 7) is 2.48. The van der Waals surface area contributed by atoms with Crippen LogP contribution in [0.2, 0.25) is 5.02 Å². The van der Waals surface area contributed by atoms with Crippen molar-refractivity contribution in [1.82, 2.24) is 15.3 Å². The molecule has 28 heavy (non-hydrogen) atoms. The quantitative estimate of drug-likeness (QED) is 0.627. The molecule has 3 aromatic rings. The van der Waals surface area contributed by atoms with Crippen molar-refractivity contribution in [3.8, 4) is 5.75 Å². The zero-order valence-electron chi connectivity index (χ0n) is 15.7. The van der Waals surface area contributed by atoms with Gasteiger partial charge in [0.05, 0.1) is 19.5 Å². The summed E-state index contributed by atoms with van der Waals surface area (Å²) in [5, 5.41) is 6.64. The summed E-state index contributed by atoms with van der Waals surface area (Å²) in [5.74, 6) is 1.09. The van der Waals surface area contributed by atoms with Crippen LogP contribution in [0.1, 0.15) is 21.6 Å². The molecule has 1 heterocycles. The van der Waals surface area contributed by atoms with Gasteiger partial charge in [0.1, 0.15) is 17.3 Å². The molecule has 1 aromatic heterocycles. The topological polar surface area (TPSA) is 76.1 Å². The van der Waals surface area contributed by atoms with E-state index < -0.39 is 0 Å². The zero-order valence-corrected chi connectivity index (χ0v) is 16.5. The maximum absolute atomic E-state index is 12.2. The summed E-state index contributed by atoms with van der Waals surface area (Å²) in [6, 6.07) is 13.3. The first-order chi connectivity index (χ1) is 13.5. The number of hydrogen-bond donors (Lipinski definition) is 2. The number of rotatable bonds is 7. The third-order valence-corrected chi connectivity index (χ3v) is 4.44. The third kappa shape index (κ3) is 5.20. The van der Waals surface area contributed by atoms with Gasteiger partial charge in [0.2, 0.25) is 0 Å². The molecule has 0 bridgehead atoms. The Bertz CT molecular complexity index is 944. The Morgan fingerprint density at radius 3 is 2.57 bits per heavy atom. The molecule has 0 saturated heterocycles. The van der Waals surface area contributed by atoms with E-state index in [2.05, 4.69) is 20.6 Å². The Balaban J connectivity index is 1.53. The van der Waals surface area contributed by atoms with Crippen molar-refractivity contribution in [1.29, 1.82) is 0 Å². The highest BCUT2D eigenvalue weighted by Gasteiger charge is 2.08. The molecule has 1 amide bonds. The summed E-state index contributed by atoms with van der Waals surface area (Å²) in [6.07, 6.45) is 3.69. The second-order valence-corrected chi connectivity index (χ2v) is 6.66. The van der Waals surface area contributed by atoms with E-state index >= 15 is 0 Å². The second kappa shape index (κ2) is 9.19. The first-order valence-corrected chi connectivity index (χ1v) is 9.19. The van der Waals surface area contributed by atoms with E-state index in [1.807, 2.05) is 49.4 Å². The minimum Gasteiger partial charge on any atom is -0.497 e. The Morgan fingerprint density at radius 2 is 1.89 bits per heavy atom. The number of nitrogens with one attached hydrogen (secondary N) is 2. The van der Waals surface area contributed by atoms with Crippen LogP contribution in [-0.2, 0) is 6.42 Å². The molecule has 0 saturated carbocycles. The lowest BCUT2D eigenvalue weighted by Gasteiger charge is -2.09. The van der Waals surface area contributed by atoms with Crippen molar-refractivity contribution in [3.63, 3.8) is 0 Å². The molecule has 0 radical (unpaired) electrons. The van der Waals surface area contributed by atoms with Crippen LogP contribution >= 0.6 is 11.6 Å². The standard InChI is InChI=1S/C21H21ClN4O2/c1-14-3-6-16(22)11-18(14)26-20-13-24-19(12-25-20)21(27)23-10-9-15-4-7-17(28-2)8-5-15/h3-8,11-13H,9-10H2,1-2H3,(H,23,27)(H,25,26). The van der Waals surface area contributed by atoms with Crippen molar-refractivity contribution in [2.75, 3.05) is 19.0 Å². The number of hydrogen-bond acceptors (Lipinski definition) is 5. The molecule has 3 rings (SSSR count). The zero-order chi connectivity index (χ0) is 19.9. The lowest BCUT2D eigenvalue weighted by atomic mass is 10.1. The smallest absolute Gasteiger partial charge is 0.271 e. The minimum atomic E-state index is -0.258. The molecular formula is C21H21ClN4O2. The van der Waals surface area contributed by atoms with Crippen molar-refractivity contribution in [2.24, 2.45) is 0 Å². The van der Waals surface area contributed by atoms with Gasteiger partial charge >= 0.3 is 0 Å². The Kier molecular flexibility index (Phi) is 6.45. The van der Waals surface area contributed by atoms with E-state index in [1.165, 1.54) is 12.4 Å². The summed E-state index contributed by atoms with van der Waals surface area (Å²) in [4.78, 5) is 20.7. The van der Waals surface area contributed by atoms with Crippen LogP contribution in [-0.4, -0.2) is 29.5 Å². The van der Waals surface area contributed by atoms with Crippen molar-refractivity contribution in [3.05, 3.63) is 76.7 Å². The van der Waals surface area contributed by atoms with Gasteiger partial charge in [-0.2, -0.15) is 0 Å². The molecule has 0 aliphatic carbocycles. The van der Waals surface area contributed by atoms with Gasteiger partial charge < -0.3 is 15.4 Å². The third-order valence-electron chi connectivity index (χ3n) is 4.21. The molecular weight excluding hydrogens is 376 g/mol. The maximum atomic E-state index is 12.2. The molecule has 0 spiro atoms. The number of benzene rings is 2. The molecule has 7 heteroatoms. The fourth-order valence-electron chi connectivity index (χ4n) is 2.58. The van der Waals surface area contributed by atoms with Crippen LogP contribution in [0, 0.1) is 6.92 Å². The van der Waals surface area contributed by atoms with Crippen molar-refractivity contribution >= 4 is 29.0 Å². The molecule has 144 valence electrons. The molecule has 0 unspecified atom stereocenters. The van der Waals surface area contributed by atoms with Gasteiger partial charge in [-0.15, -0.1) is 0 Å². The van der Waals surface area contributed by atoms with Crippen LogP contribution < -0.4 is 15.4 Å². The molecule has 2 N–H and O–H groups in total. The Morgan fingerprint density at radius 1 is 1.11 bits per heavy atom. The summed E-state index contributed by atoms with van der Waals surface area (Å²) < 4.78 is 5.13. The molecule has 0 aliphatic rings. The van der Waals surface area contributed by atoms with E-state index in [9.17, 15) is 4.79 Å². The minimum absolute atomic E-state index is 0.258. The van der Waals surface area contributed by atoms with Crippen molar-refractivity contribution < 1.29 is 9.53 Å². The molecule has 6 nitrogen and oxygen atoms in total. The summed E-state index contributed by atoms with van der Waals surface area (Å²) in [7, 11) is 1.63. The van der Waals surface area contributed by atoms with E-state index in [1.54, 1.807) is 7.11 Å². The largest absolute Gasteiger partial charge is 0.497 e. The normalized spacial score (nSPS) is 10.4. The van der Waals surface area contributed by atoms with Crippen LogP contribution in [0.5, 0.6) is 5.75 Å². The first kappa shape index (κ1) is 19.6. The number of aryl methyl sites for hydroxylation is 1. The maximum Gasteiger partial charge on any atom is 0.271 e. The SMILES string of the molecule is COc1ccc(CCNC(=O)c2cnc(Nc3cc(Cl)ccc3C)cn2)cc1. The average Bonchev–Trinajstić information content (AvgIpc) is 2.71. The highest BCUT2D eigenvalue weighted by Crippen LogP contribution is 2.22. The van der Waals surface area contributed by atoms with E-state index in [0.29, 0.717) is 17.4 Å². The number of nitrogens with zero attached hydrogens (tertiary/aromatic N) is 2. The number of methoxy groups -OCH3 is 1. The van der Waals surface area contributed by atoms with Gasteiger partial charge in [-0.3, -0.25) is 4.79 Å². The number of carbonyl (C=O) groups is 1. The van der Waals surface area contributed by atoms with Gasteiger partial charge in [0.15, 0.2) is 0 Å². The molecule has 0 fully saturated rings. The van der Waals surface area contributed by atoms with E-state index in [-0.39, 0.29) is 11.6 Å². The van der Waals surface area contributed by atoms with Gasteiger partial charge in [-0.25, -0.2) is 9.97 Å². The Labute approximate surface area is 168 Å². The number of amides is 1. The van der Waals surface area contributed by atoms with Gasteiger partial charge in [0.25, 0.3) is 5.91 Å². The van der Waals surface area contributed by atoms with E-state index in [0.717, 1.165) is 29.0 Å².